The van der Waals surface area contributed by atoms with Gasteiger partial charge < -0.3 is 10.2 Å². The van der Waals surface area contributed by atoms with Crippen molar-refractivity contribution >= 4 is 34.2 Å². The van der Waals surface area contributed by atoms with Gasteiger partial charge in [-0.15, -0.1) is 0 Å². The van der Waals surface area contributed by atoms with Crippen molar-refractivity contribution in [2.75, 3.05) is 37.6 Å². The Morgan fingerprint density at radius 2 is 1.96 bits per heavy atom. The van der Waals surface area contributed by atoms with Gasteiger partial charge in [-0.2, -0.15) is 0 Å². The molecule has 1 fully saturated rings. The summed E-state index contributed by atoms with van der Waals surface area (Å²) in [6.07, 6.45) is 5.14. The molecule has 3 heterocycles. The van der Waals surface area contributed by atoms with Crippen molar-refractivity contribution in [3.8, 4) is 0 Å². The van der Waals surface area contributed by atoms with Crippen molar-refractivity contribution in [1.82, 2.24) is 25.2 Å². The van der Waals surface area contributed by atoms with Crippen LogP contribution in [0.15, 0.2) is 48.9 Å². The number of hydrogen-bond donors (Lipinski definition) is 1. The Morgan fingerprint density at radius 1 is 1.14 bits per heavy atom. The molecule has 0 bridgehead atoms. The van der Waals surface area contributed by atoms with Gasteiger partial charge >= 0.3 is 0 Å². The van der Waals surface area contributed by atoms with Crippen LogP contribution in [-0.4, -0.2) is 58.5 Å². The van der Waals surface area contributed by atoms with Crippen molar-refractivity contribution in [2.45, 2.75) is 6.54 Å². The number of aromatic nitrogens is 3. The Hall–Kier alpha value is -2.77. The zero-order chi connectivity index (χ0) is 19.3. The van der Waals surface area contributed by atoms with Crippen molar-refractivity contribution in [3.05, 3.63) is 59.6 Å². The van der Waals surface area contributed by atoms with Crippen LogP contribution in [0, 0.1) is 0 Å². The molecular weight excluding hydrogens is 376 g/mol. The van der Waals surface area contributed by atoms with Gasteiger partial charge in [-0.1, -0.05) is 29.8 Å². The summed E-state index contributed by atoms with van der Waals surface area (Å²) in [6, 6.07) is 9.60. The van der Waals surface area contributed by atoms with Crippen LogP contribution >= 0.6 is 11.6 Å². The van der Waals surface area contributed by atoms with Crippen LogP contribution in [0.3, 0.4) is 0 Å². The summed E-state index contributed by atoms with van der Waals surface area (Å²) in [6.45, 7) is 4.10. The number of hydrogen-bond acceptors (Lipinski definition) is 6. The molecule has 0 spiro atoms. The Bertz CT molecular complexity index is 959. The van der Waals surface area contributed by atoms with Gasteiger partial charge in [-0.3, -0.25) is 14.7 Å². The van der Waals surface area contributed by atoms with Crippen LogP contribution < -0.4 is 10.2 Å². The number of carbonyl (C=O) groups excluding carboxylic acids is 1. The number of amides is 1. The second kappa shape index (κ2) is 8.50. The van der Waals surface area contributed by atoms with E-state index < -0.39 is 0 Å². The minimum absolute atomic E-state index is 0.00460. The summed E-state index contributed by atoms with van der Waals surface area (Å²) in [7, 11) is 0. The molecular formula is C20H21ClN6O. The van der Waals surface area contributed by atoms with E-state index in [4.69, 9.17) is 11.6 Å². The van der Waals surface area contributed by atoms with Crippen LogP contribution in [0.4, 0.5) is 5.82 Å². The number of halogens is 1. The number of benzene rings is 1. The third kappa shape index (κ3) is 4.37. The highest BCUT2D eigenvalue weighted by Crippen LogP contribution is 2.20. The highest BCUT2D eigenvalue weighted by Gasteiger charge is 2.20. The Labute approximate surface area is 168 Å². The molecule has 144 valence electrons. The van der Waals surface area contributed by atoms with E-state index in [1.54, 1.807) is 18.6 Å². The molecule has 1 aromatic carbocycles. The van der Waals surface area contributed by atoms with Crippen LogP contribution in [0.2, 0.25) is 5.15 Å². The zero-order valence-corrected chi connectivity index (χ0v) is 16.1. The molecule has 7 nitrogen and oxygen atoms in total. The van der Waals surface area contributed by atoms with Gasteiger partial charge in [0, 0.05) is 50.5 Å². The number of fused-ring (bicyclic) bond motifs is 1. The van der Waals surface area contributed by atoms with Gasteiger partial charge in [0.1, 0.15) is 11.0 Å². The van der Waals surface area contributed by atoms with Gasteiger partial charge in [0.05, 0.1) is 18.3 Å². The first-order chi connectivity index (χ1) is 13.7. The standard InChI is InChI=1S/C20H21ClN6O/c21-18-11-15(16-3-1-2-4-17(16)25-18)12-24-20(28)14-26-7-9-27(10-8-26)19-13-22-5-6-23-19/h1-6,11,13H,7-10,12,14H2,(H,24,28). The summed E-state index contributed by atoms with van der Waals surface area (Å²) in [4.78, 5) is 29.5. The molecule has 1 saturated heterocycles. The molecule has 0 atom stereocenters. The molecule has 1 aliphatic heterocycles. The molecule has 0 aliphatic carbocycles. The summed E-state index contributed by atoms with van der Waals surface area (Å²) in [5.41, 5.74) is 1.80. The third-order valence-corrected chi connectivity index (χ3v) is 5.05. The maximum atomic E-state index is 12.4. The summed E-state index contributed by atoms with van der Waals surface area (Å²) < 4.78 is 0. The van der Waals surface area contributed by atoms with Crippen LogP contribution in [0.25, 0.3) is 10.9 Å². The average molecular weight is 397 g/mol. The second-order valence-corrected chi connectivity index (χ2v) is 7.11. The molecule has 28 heavy (non-hydrogen) atoms. The number of rotatable bonds is 5. The SMILES string of the molecule is O=C(CN1CCN(c2cnccn2)CC1)NCc1cc(Cl)nc2ccccc12. The summed E-state index contributed by atoms with van der Waals surface area (Å²) in [5.74, 6) is 0.887. The quantitative estimate of drug-likeness (QED) is 0.666. The Kier molecular flexibility index (Phi) is 5.64. The minimum atomic E-state index is 0.00460. The Balaban J connectivity index is 1.30. The van der Waals surface area contributed by atoms with E-state index in [0.717, 1.165) is 48.5 Å². The number of pyridine rings is 1. The van der Waals surface area contributed by atoms with Crippen molar-refractivity contribution in [2.24, 2.45) is 0 Å². The summed E-state index contributed by atoms with van der Waals surface area (Å²) >= 11 is 6.11. The van der Waals surface area contributed by atoms with Crippen LogP contribution in [0.5, 0.6) is 0 Å². The smallest absolute Gasteiger partial charge is 0.234 e. The molecule has 1 amide bonds. The van der Waals surface area contributed by atoms with E-state index in [2.05, 4.69) is 30.1 Å². The number of carbonyl (C=O) groups is 1. The lowest BCUT2D eigenvalue weighted by Gasteiger charge is -2.34. The van der Waals surface area contributed by atoms with Gasteiger partial charge in [0.25, 0.3) is 0 Å². The lowest BCUT2D eigenvalue weighted by Crippen LogP contribution is -2.49. The molecule has 0 unspecified atom stereocenters. The second-order valence-electron chi connectivity index (χ2n) is 6.72. The maximum absolute atomic E-state index is 12.4. The average Bonchev–Trinajstić information content (AvgIpc) is 2.73. The number of nitrogens with zero attached hydrogens (tertiary/aromatic N) is 5. The van der Waals surface area contributed by atoms with Crippen molar-refractivity contribution in [1.29, 1.82) is 0 Å². The lowest BCUT2D eigenvalue weighted by molar-refractivity contribution is -0.122. The maximum Gasteiger partial charge on any atom is 0.234 e. The monoisotopic (exact) mass is 396 g/mol. The highest BCUT2D eigenvalue weighted by molar-refractivity contribution is 6.29. The fourth-order valence-electron chi connectivity index (χ4n) is 3.40. The molecule has 0 saturated carbocycles. The highest BCUT2D eigenvalue weighted by atomic mass is 35.5. The first-order valence-electron chi connectivity index (χ1n) is 9.23. The van der Waals surface area contributed by atoms with E-state index in [-0.39, 0.29) is 5.91 Å². The van der Waals surface area contributed by atoms with E-state index in [1.807, 2.05) is 30.3 Å². The first kappa shape index (κ1) is 18.6. The minimum Gasteiger partial charge on any atom is -0.353 e. The Morgan fingerprint density at radius 3 is 2.75 bits per heavy atom. The molecule has 8 heteroatoms. The van der Waals surface area contributed by atoms with E-state index in [0.29, 0.717) is 18.2 Å². The van der Waals surface area contributed by atoms with Gasteiger partial charge in [0.15, 0.2) is 0 Å². The van der Waals surface area contributed by atoms with Gasteiger partial charge in [-0.05, 0) is 17.7 Å². The number of anilines is 1. The molecule has 1 N–H and O–H groups in total. The zero-order valence-electron chi connectivity index (χ0n) is 15.4. The predicted molar refractivity (Wildman–Crippen MR) is 109 cm³/mol. The van der Waals surface area contributed by atoms with Crippen molar-refractivity contribution in [3.63, 3.8) is 0 Å². The summed E-state index contributed by atoms with van der Waals surface area (Å²) in [5, 5.41) is 4.44. The molecule has 2 aromatic heterocycles. The normalized spacial score (nSPS) is 15.0. The molecule has 3 aromatic rings. The van der Waals surface area contributed by atoms with Crippen LogP contribution in [-0.2, 0) is 11.3 Å². The fraction of sp³-hybridized carbons (Fsp3) is 0.300. The van der Waals surface area contributed by atoms with E-state index >= 15 is 0 Å². The fourth-order valence-corrected chi connectivity index (χ4v) is 3.62. The van der Waals surface area contributed by atoms with Crippen LogP contribution in [0.1, 0.15) is 5.56 Å². The number of piperazine rings is 1. The molecule has 4 rings (SSSR count). The van der Waals surface area contributed by atoms with Crippen molar-refractivity contribution < 1.29 is 4.79 Å². The lowest BCUT2D eigenvalue weighted by atomic mass is 10.1. The number of para-hydroxylation sites is 1. The van der Waals surface area contributed by atoms with Gasteiger partial charge in [-0.25, -0.2) is 9.97 Å². The largest absolute Gasteiger partial charge is 0.353 e. The van der Waals surface area contributed by atoms with Gasteiger partial charge in [0.2, 0.25) is 5.91 Å². The van der Waals surface area contributed by atoms with E-state index in [1.165, 1.54) is 0 Å². The first-order valence-corrected chi connectivity index (χ1v) is 9.61. The molecule has 1 aliphatic rings. The van der Waals surface area contributed by atoms with E-state index in [9.17, 15) is 4.79 Å². The number of nitrogens with one attached hydrogen (secondary N) is 1. The third-order valence-electron chi connectivity index (χ3n) is 4.86. The predicted octanol–water partition coefficient (Wildman–Crippen LogP) is 2.12. The molecule has 0 radical (unpaired) electrons. The topological polar surface area (TPSA) is 74.2 Å².